The number of aliphatic hydroxyl groups excluding tert-OH is 1. The molecule has 3 rings (SSSR count). The number of carbonyl (C=O) groups excluding carboxylic acids is 1. The van der Waals surface area contributed by atoms with Crippen LogP contribution in [0.1, 0.15) is 55.3 Å². The van der Waals surface area contributed by atoms with Crippen LogP contribution in [0.15, 0.2) is 35.9 Å². The molecule has 1 aromatic carbocycles. The Labute approximate surface area is 144 Å². The standard InChI is InChI=1S/C20H28N2O2/c23-19-11-14-22(15-12-19)18-8-6-17(7-9-18)20(24)21-13-10-16-4-2-1-3-5-16/h4,6-9,19,23H,1-3,5,10-15H2,(H,21,24). The number of rotatable bonds is 5. The molecule has 1 aliphatic heterocycles. The highest BCUT2D eigenvalue weighted by molar-refractivity contribution is 5.94. The second-order valence-corrected chi connectivity index (χ2v) is 6.88. The largest absolute Gasteiger partial charge is 0.393 e. The molecule has 0 saturated carbocycles. The average molecular weight is 328 g/mol. The molecule has 130 valence electrons. The van der Waals surface area contributed by atoms with Gasteiger partial charge in [-0.1, -0.05) is 11.6 Å². The summed E-state index contributed by atoms with van der Waals surface area (Å²) in [6.07, 6.45) is 9.75. The Kier molecular flexibility index (Phi) is 5.91. The van der Waals surface area contributed by atoms with Crippen molar-refractivity contribution in [3.63, 3.8) is 0 Å². The van der Waals surface area contributed by atoms with Gasteiger partial charge in [-0.2, -0.15) is 0 Å². The molecule has 1 fully saturated rings. The van der Waals surface area contributed by atoms with Crippen LogP contribution in [0.25, 0.3) is 0 Å². The van der Waals surface area contributed by atoms with E-state index in [9.17, 15) is 9.90 Å². The van der Waals surface area contributed by atoms with Crippen LogP contribution in [0.5, 0.6) is 0 Å². The second kappa shape index (κ2) is 8.34. The van der Waals surface area contributed by atoms with Gasteiger partial charge in [-0.25, -0.2) is 0 Å². The zero-order valence-corrected chi connectivity index (χ0v) is 14.3. The first-order chi connectivity index (χ1) is 11.7. The van der Waals surface area contributed by atoms with Crippen molar-refractivity contribution in [1.29, 1.82) is 0 Å². The van der Waals surface area contributed by atoms with Gasteiger partial charge in [0.25, 0.3) is 5.91 Å². The van der Waals surface area contributed by atoms with E-state index in [0.29, 0.717) is 5.56 Å². The Morgan fingerprint density at radius 3 is 2.58 bits per heavy atom. The van der Waals surface area contributed by atoms with Gasteiger partial charge < -0.3 is 15.3 Å². The predicted molar refractivity (Wildman–Crippen MR) is 97.4 cm³/mol. The Morgan fingerprint density at radius 2 is 1.92 bits per heavy atom. The van der Waals surface area contributed by atoms with E-state index < -0.39 is 0 Å². The van der Waals surface area contributed by atoms with Crippen molar-refractivity contribution in [2.24, 2.45) is 0 Å². The van der Waals surface area contributed by atoms with E-state index >= 15 is 0 Å². The van der Waals surface area contributed by atoms with Crippen molar-refractivity contribution >= 4 is 11.6 Å². The first-order valence-electron chi connectivity index (χ1n) is 9.21. The maximum atomic E-state index is 12.2. The molecule has 4 nitrogen and oxygen atoms in total. The molecule has 0 atom stereocenters. The summed E-state index contributed by atoms with van der Waals surface area (Å²) in [6, 6.07) is 7.82. The highest BCUT2D eigenvalue weighted by Gasteiger charge is 2.17. The smallest absolute Gasteiger partial charge is 0.251 e. The van der Waals surface area contributed by atoms with Crippen LogP contribution < -0.4 is 10.2 Å². The quantitative estimate of drug-likeness (QED) is 0.816. The molecule has 1 aromatic rings. The molecule has 0 spiro atoms. The first-order valence-corrected chi connectivity index (χ1v) is 9.21. The van der Waals surface area contributed by atoms with E-state index in [1.807, 2.05) is 24.3 Å². The summed E-state index contributed by atoms with van der Waals surface area (Å²) in [4.78, 5) is 14.5. The van der Waals surface area contributed by atoms with E-state index in [4.69, 9.17) is 0 Å². The number of hydrogen-bond acceptors (Lipinski definition) is 3. The Balaban J connectivity index is 1.47. The number of aliphatic hydroxyl groups is 1. The third-order valence-corrected chi connectivity index (χ3v) is 5.08. The fraction of sp³-hybridized carbons (Fsp3) is 0.550. The van der Waals surface area contributed by atoms with Crippen molar-refractivity contribution < 1.29 is 9.90 Å². The van der Waals surface area contributed by atoms with Crippen LogP contribution in [0.3, 0.4) is 0 Å². The zero-order chi connectivity index (χ0) is 16.8. The van der Waals surface area contributed by atoms with Gasteiger partial charge in [0.1, 0.15) is 0 Å². The molecule has 1 saturated heterocycles. The molecule has 2 N–H and O–H groups in total. The number of allylic oxidation sites excluding steroid dienone is 1. The number of hydrogen-bond donors (Lipinski definition) is 2. The lowest BCUT2D eigenvalue weighted by molar-refractivity contribution is 0.0954. The van der Waals surface area contributed by atoms with Crippen molar-refractivity contribution in [3.8, 4) is 0 Å². The van der Waals surface area contributed by atoms with Crippen LogP contribution in [-0.2, 0) is 0 Å². The molecule has 4 heteroatoms. The summed E-state index contributed by atoms with van der Waals surface area (Å²) >= 11 is 0. The van der Waals surface area contributed by atoms with Gasteiger partial charge in [0.05, 0.1) is 6.10 Å². The Hall–Kier alpha value is -1.81. The summed E-state index contributed by atoms with van der Waals surface area (Å²) < 4.78 is 0. The normalized spacial score (nSPS) is 19.0. The van der Waals surface area contributed by atoms with Crippen LogP contribution in [0.2, 0.25) is 0 Å². The maximum Gasteiger partial charge on any atom is 0.251 e. The summed E-state index contributed by atoms with van der Waals surface area (Å²) in [5, 5.41) is 12.6. The highest BCUT2D eigenvalue weighted by atomic mass is 16.3. The lowest BCUT2D eigenvalue weighted by atomic mass is 9.97. The van der Waals surface area contributed by atoms with Crippen LogP contribution >= 0.6 is 0 Å². The van der Waals surface area contributed by atoms with E-state index in [2.05, 4.69) is 16.3 Å². The van der Waals surface area contributed by atoms with Crippen LogP contribution in [-0.4, -0.2) is 36.8 Å². The lowest BCUT2D eigenvalue weighted by Gasteiger charge is -2.31. The third-order valence-electron chi connectivity index (χ3n) is 5.08. The molecular weight excluding hydrogens is 300 g/mol. The second-order valence-electron chi connectivity index (χ2n) is 6.88. The Morgan fingerprint density at radius 1 is 1.17 bits per heavy atom. The molecule has 1 amide bonds. The topological polar surface area (TPSA) is 52.6 Å². The van der Waals surface area contributed by atoms with Crippen LogP contribution in [0.4, 0.5) is 5.69 Å². The molecule has 24 heavy (non-hydrogen) atoms. The monoisotopic (exact) mass is 328 g/mol. The van der Waals surface area contributed by atoms with Gasteiger partial charge in [-0.15, -0.1) is 0 Å². The van der Waals surface area contributed by atoms with Gasteiger partial charge in [0.2, 0.25) is 0 Å². The zero-order valence-electron chi connectivity index (χ0n) is 14.3. The van der Waals surface area contributed by atoms with Gasteiger partial charge in [-0.05, 0) is 69.2 Å². The molecule has 1 heterocycles. The lowest BCUT2D eigenvalue weighted by Crippen LogP contribution is -2.35. The number of amides is 1. The van der Waals surface area contributed by atoms with Gasteiger partial charge in [-0.3, -0.25) is 4.79 Å². The molecule has 1 aliphatic carbocycles. The SMILES string of the molecule is O=C(NCCC1=CCCCC1)c1ccc(N2CCC(O)CC2)cc1. The number of anilines is 1. The molecular formula is C20H28N2O2. The van der Waals surface area contributed by atoms with E-state index in [0.717, 1.165) is 44.6 Å². The van der Waals surface area contributed by atoms with Crippen molar-refractivity contribution in [3.05, 3.63) is 41.5 Å². The van der Waals surface area contributed by atoms with E-state index in [1.165, 1.54) is 31.3 Å². The van der Waals surface area contributed by atoms with E-state index in [1.54, 1.807) is 0 Å². The van der Waals surface area contributed by atoms with Crippen molar-refractivity contribution in [2.75, 3.05) is 24.5 Å². The average Bonchev–Trinajstić information content (AvgIpc) is 2.63. The molecule has 0 bridgehead atoms. The number of nitrogens with one attached hydrogen (secondary N) is 1. The van der Waals surface area contributed by atoms with Gasteiger partial charge >= 0.3 is 0 Å². The highest BCUT2D eigenvalue weighted by Crippen LogP contribution is 2.21. The van der Waals surface area contributed by atoms with Gasteiger partial charge in [0.15, 0.2) is 0 Å². The molecule has 2 aliphatic rings. The maximum absolute atomic E-state index is 12.2. The third kappa shape index (κ3) is 4.60. The number of carbonyl (C=O) groups is 1. The fourth-order valence-electron chi connectivity index (χ4n) is 3.52. The summed E-state index contributed by atoms with van der Waals surface area (Å²) in [5.41, 5.74) is 3.34. The van der Waals surface area contributed by atoms with Crippen molar-refractivity contribution in [1.82, 2.24) is 5.32 Å². The fourth-order valence-corrected chi connectivity index (χ4v) is 3.52. The minimum Gasteiger partial charge on any atom is -0.393 e. The number of nitrogens with zero attached hydrogens (tertiary/aromatic N) is 1. The molecule has 0 unspecified atom stereocenters. The molecule has 0 radical (unpaired) electrons. The predicted octanol–water partition coefficient (Wildman–Crippen LogP) is 3.27. The minimum absolute atomic E-state index is 0.00651. The van der Waals surface area contributed by atoms with Crippen LogP contribution in [0, 0.1) is 0 Å². The first kappa shape index (κ1) is 17.0. The van der Waals surface area contributed by atoms with Crippen molar-refractivity contribution in [2.45, 2.75) is 51.0 Å². The summed E-state index contributed by atoms with van der Waals surface area (Å²) in [5.74, 6) is 0.00651. The number of piperidine rings is 1. The Bertz CT molecular complexity index is 572. The summed E-state index contributed by atoms with van der Waals surface area (Å²) in [7, 11) is 0. The van der Waals surface area contributed by atoms with Gasteiger partial charge in [0, 0.05) is 30.9 Å². The van der Waals surface area contributed by atoms with E-state index in [-0.39, 0.29) is 12.0 Å². The molecule has 0 aromatic heterocycles. The minimum atomic E-state index is -0.161. The summed E-state index contributed by atoms with van der Waals surface area (Å²) in [6.45, 7) is 2.47. The number of benzene rings is 1.